The molecule has 0 spiro atoms. The van der Waals surface area contributed by atoms with Gasteiger partial charge in [-0.1, -0.05) is 60.2 Å². The number of nitrogens with one attached hydrogen (secondary N) is 1. The summed E-state index contributed by atoms with van der Waals surface area (Å²) in [5.41, 5.74) is 5.73. The molecule has 0 saturated heterocycles. The van der Waals surface area contributed by atoms with Crippen molar-refractivity contribution in [1.29, 1.82) is 0 Å². The van der Waals surface area contributed by atoms with E-state index in [9.17, 15) is 20.2 Å². The standard InChI is InChI=1S/C21H18N4O4/c1-15-7-9-17(10-8-15)20(13-16-5-3-2-4-6-16)23-22-19-12-11-18(24(26)27)14-21(19)25(28)29/h2-12,14,22H,13H2,1H3. The van der Waals surface area contributed by atoms with Gasteiger partial charge in [-0.05, 0) is 24.1 Å². The van der Waals surface area contributed by atoms with Crippen LogP contribution in [-0.2, 0) is 6.42 Å². The number of hydrogen-bond acceptors (Lipinski definition) is 6. The van der Waals surface area contributed by atoms with Crippen LogP contribution in [0.15, 0.2) is 77.9 Å². The molecule has 0 aliphatic heterocycles. The van der Waals surface area contributed by atoms with Crippen molar-refractivity contribution in [2.24, 2.45) is 5.10 Å². The molecule has 0 radical (unpaired) electrons. The maximum Gasteiger partial charge on any atom is 0.301 e. The van der Waals surface area contributed by atoms with Crippen LogP contribution in [0.1, 0.15) is 16.7 Å². The Morgan fingerprint density at radius 1 is 0.931 bits per heavy atom. The Morgan fingerprint density at radius 2 is 1.62 bits per heavy atom. The highest BCUT2D eigenvalue weighted by Gasteiger charge is 2.19. The van der Waals surface area contributed by atoms with E-state index in [1.54, 1.807) is 0 Å². The van der Waals surface area contributed by atoms with Crippen LogP contribution in [0.4, 0.5) is 17.1 Å². The minimum absolute atomic E-state index is 0.0817. The summed E-state index contributed by atoms with van der Waals surface area (Å²) in [5, 5.41) is 26.6. The maximum absolute atomic E-state index is 11.3. The number of nitro groups is 2. The van der Waals surface area contributed by atoms with E-state index >= 15 is 0 Å². The van der Waals surface area contributed by atoms with Crippen LogP contribution < -0.4 is 5.43 Å². The molecule has 0 aliphatic rings. The summed E-state index contributed by atoms with van der Waals surface area (Å²) in [6.07, 6.45) is 0.512. The molecule has 1 N–H and O–H groups in total. The first-order chi connectivity index (χ1) is 13.9. The van der Waals surface area contributed by atoms with Gasteiger partial charge in [-0.2, -0.15) is 5.10 Å². The number of aryl methyl sites for hydroxylation is 1. The number of nitro benzene ring substituents is 2. The Bertz CT molecular complexity index is 1060. The Balaban J connectivity index is 1.97. The number of nitrogens with zero attached hydrogens (tertiary/aromatic N) is 3. The fourth-order valence-electron chi connectivity index (χ4n) is 2.75. The summed E-state index contributed by atoms with van der Waals surface area (Å²) in [7, 11) is 0. The van der Waals surface area contributed by atoms with E-state index in [4.69, 9.17) is 0 Å². The molecule has 3 aromatic rings. The van der Waals surface area contributed by atoms with E-state index in [1.807, 2.05) is 61.5 Å². The van der Waals surface area contributed by atoms with Crippen molar-refractivity contribution >= 4 is 22.8 Å². The van der Waals surface area contributed by atoms with Crippen molar-refractivity contribution in [1.82, 2.24) is 0 Å². The van der Waals surface area contributed by atoms with Gasteiger partial charge >= 0.3 is 5.69 Å². The fraction of sp³-hybridized carbons (Fsp3) is 0.0952. The number of hydrogen-bond donors (Lipinski definition) is 1. The van der Waals surface area contributed by atoms with Crippen LogP contribution in [0.25, 0.3) is 0 Å². The van der Waals surface area contributed by atoms with Gasteiger partial charge < -0.3 is 0 Å². The fourth-order valence-corrected chi connectivity index (χ4v) is 2.75. The normalized spacial score (nSPS) is 11.1. The summed E-state index contributed by atoms with van der Waals surface area (Å²) in [6, 6.07) is 20.9. The summed E-state index contributed by atoms with van der Waals surface area (Å²) in [4.78, 5) is 20.9. The lowest BCUT2D eigenvalue weighted by atomic mass is 10.0. The zero-order valence-corrected chi connectivity index (χ0v) is 15.6. The van der Waals surface area contributed by atoms with Crippen molar-refractivity contribution in [2.75, 3.05) is 5.43 Å². The molecule has 8 heteroatoms. The summed E-state index contributed by atoms with van der Waals surface area (Å²) >= 11 is 0. The molecule has 0 aliphatic carbocycles. The first kappa shape index (κ1) is 19.7. The zero-order chi connectivity index (χ0) is 20.8. The number of rotatable bonds is 7. The largest absolute Gasteiger partial charge is 0.301 e. The van der Waals surface area contributed by atoms with Crippen LogP contribution in [0.5, 0.6) is 0 Å². The van der Waals surface area contributed by atoms with Crippen molar-refractivity contribution in [3.63, 3.8) is 0 Å². The highest BCUT2D eigenvalue weighted by Crippen LogP contribution is 2.29. The third-order valence-corrected chi connectivity index (χ3v) is 4.30. The van der Waals surface area contributed by atoms with Gasteiger partial charge in [-0.15, -0.1) is 0 Å². The molecule has 0 unspecified atom stereocenters. The summed E-state index contributed by atoms with van der Waals surface area (Å²) in [6.45, 7) is 1.98. The van der Waals surface area contributed by atoms with Gasteiger partial charge in [-0.3, -0.25) is 25.7 Å². The molecule has 0 fully saturated rings. The molecule has 8 nitrogen and oxygen atoms in total. The van der Waals surface area contributed by atoms with Crippen LogP contribution in [0.3, 0.4) is 0 Å². The molecule has 29 heavy (non-hydrogen) atoms. The molecular weight excluding hydrogens is 372 g/mol. The van der Waals surface area contributed by atoms with E-state index in [0.717, 1.165) is 22.8 Å². The molecule has 0 heterocycles. The summed E-state index contributed by atoms with van der Waals surface area (Å²) < 4.78 is 0. The first-order valence-electron chi connectivity index (χ1n) is 8.80. The van der Waals surface area contributed by atoms with Crippen LogP contribution in [0.2, 0.25) is 0 Å². The van der Waals surface area contributed by atoms with Crippen molar-refractivity contribution in [3.8, 4) is 0 Å². The van der Waals surface area contributed by atoms with E-state index in [-0.39, 0.29) is 11.4 Å². The lowest BCUT2D eigenvalue weighted by molar-refractivity contribution is -0.393. The maximum atomic E-state index is 11.3. The molecule has 0 saturated carbocycles. The Kier molecular flexibility index (Phi) is 5.94. The quantitative estimate of drug-likeness (QED) is 0.351. The number of non-ortho nitro benzene ring substituents is 1. The Morgan fingerprint density at radius 3 is 2.24 bits per heavy atom. The molecule has 0 bridgehead atoms. The lowest BCUT2D eigenvalue weighted by Gasteiger charge is -2.09. The van der Waals surface area contributed by atoms with Gasteiger partial charge in [0.25, 0.3) is 5.69 Å². The number of hydrazone groups is 1. The highest BCUT2D eigenvalue weighted by molar-refractivity contribution is 6.02. The van der Waals surface area contributed by atoms with Gasteiger partial charge in [0, 0.05) is 12.5 Å². The third-order valence-electron chi connectivity index (χ3n) is 4.30. The molecular formula is C21H18N4O4. The second-order valence-electron chi connectivity index (χ2n) is 6.41. The zero-order valence-electron chi connectivity index (χ0n) is 15.6. The minimum atomic E-state index is -0.673. The smallest absolute Gasteiger partial charge is 0.271 e. The number of benzene rings is 3. The average molecular weight is 390 g/mol. The average Bonchev–Trinajstić information content (AvgIpc) is 2.72. The Labute approximate surface area is 166 Å². The predicted octanol–water partition coefficient (Wildman–Crippen LogP) is 4.87. The van der Waals surface area contributed by atoms with E-state index in [1.165, 1.54) is 12.1 Å². The van der Waals surface area contributed by atoms with Gasteiger partial charge in [0.1, 0.15) is 5.69 Å². The van der Waals surface area contributed by atoms with Gasteiger partial charge in [0.05, 0.1) is 21.6 Å². The monoisotopic (exact) mass is 390 g/mol. The molecule has 3 rings (SSSR count). The van der Waals surface area contributed by atoms with Crippen LogP contribution in [-0.4, -0.2) is 15.6 Å². The third kappa shape index (κ3) is 5.01. The second kappa shape index (κ2) is 8.75. The van der Waals surface area contributed by atoms with Gasteiger partial charge in [0.15, 0.2) is 0 Å². The van der Waals surface area contributed by atoms with Crippen molar-refractivity contribution in [3.05, 3.63) is 110 Å². The molecule has 146 valence electrons. The molecule has 3 aromatic carbocycles. The van der Waals surface area contributed by atoms with Gasteiger partial charge in [0.2, 0.25) is 0 Å². The van der Waals surface area contributed by atoms with E-state index < -0.39 is 15.5 Å². The van der Waals surface area contributed by atoms with Crippen LogP contribution in [0, 0.1) is 27.2 Å². The molecule has 0 amide bonds. The minimum Gasteiger partial charge on any atom is -0.271 e. The van der Waals surface area contributed by atoms with Gasteiger partial charge in [-0.25, -0.2) is 0 Å². The van der Waals surface area contributed by atoms with Crippen molar-refractivity contribution in [2.45, 2.75) is 13.3 Å². The van der Waals surface area contributed by atoms with Crippen LogP contribution >= 0.6 is 0 Å². The van der Waals surface area contributed by atoms with E-state index in [2.05, 4.69) is 10.5 Å². The topological polar surface area (TPSA) is 111 Å². The summed E-state index contributed by atoms with van der Waals surface area (Å²) in [5.74, 6) is 0. The predicted molar refractivity (Wildman–Crippen MR) is 111 cm³/mol. The second-order valence-corrected chi connectivity index (χ2v) is 6.41. The highest BCUT2D eigenvalue weighted by atomic mass is 16.6. The van der Waals surface area contributed by atoms with E-state index in [0.29, 0.717) is 12.1 Å². The Hall–Kier alpha value is -4.07. The lowest BCUT2D eigenvalue weighted by Crippen LogP contribution is -2.09. The SMILES string of the molecule is Cc1ccc(C(Cc2ccccc2)=NNc2ccc([N+](=O)[O-])cc2[N+](=O)[O-])cc1. The molecule has 0 atom stereocenters. The van der Waals surface area contributed by atoms with Crippen molar-refractivity contribution < 1.29 is 9.85 Å². The first-order valence-corrected chi connectivity index (χ1v) is 8.80. The molecule has 0 aromatic heterocycles. The number of anilines is 1.